The molecule has 0 radical (unpaired) electrons. The van der Waals surface area contributed by atoms with Gasteiger partial charge >= 0.3 is 6.18 Å². The number of aromatic nitrogens is 2. The van der Waals surface area contributed by atoms with Crippen LogP contribution in [-0.4, -0.2) is 9.97 Å². The van der Waals surface area contributed by atoms with Gasteiger partial charge in [0.25, 0.3) is 0 Å². The van der Waals surface area contributed by atoms with Gasteiger partial charge < -0.3 is 11.5 Å². The van der Waals surface area contributed by atoms with E-state index in [2.05, 4.69) is 16.5 Å². The second-order valence-corrected chi connectivity index (χ2v) is 4.69. The van der Waals surface area contributed by atoms with Gasteiger partial charge in [0.2, 0.25) is 5.95 Å². The van der Waals surface area contributed by atoms with Gasteiger partial charge in [0, 0.05) is 5.56 Å². The Hall–Kier alpha value is -2.57. The summed E-state index contributed by atoms with van der Waals surface area (Å²) in [7, 11) is 0. The number of nitrogens with two attached hydrogens (primary N) is 2. The third kappa shape index (κ3) is 3.36. The smallest absolute Gasteiger partial charge is 0.383 e. The van der Waals surface area contributed by atoms with E-state index in [4.69, 9.17) is 11.5 Å². The minimum absolute atomic E-state index is 0.00714. The maximum atomic E-state index is 12.9. The van der Waals surface area contributed by atoms with Crippen LogP contribution in [0, 0.1) is 0 Å². The number of rotatable bonds is 4. The lowest BCUT2D eigenvalue weighted by Gasteiger charge is -2.13. The predicted octanol–water partition coefficient (Wildman–Crippen LogP) is 3.45. The van der Waals surface area contributed by atoms with Crippen molar-refractivity contribution in [3.05, 3.63) is 48.2 Å². The number of hydrogen-bond acceptors (Lipinski definition) is 4. The van der Waals surface area contributed by atoms with Crippen molar-refractivity contribution in [3.8, 4) is 11.1 Å². The number of halogens is 3. The zero-order valence-corrected chi connectivity index (χ0v) is 11.7. The van der Waals surface area contributed by atoms with E-state index >= 15 is 0 Å². The van der Waals surface area contributed by atoms with Crippen LogP contribution >= 0.6 is 0 Å². The molecule has 7 heteroatoms. The van der Waals surface area contributed by atoms with Gasteiger partial charge in [-0.3, -0.25) is 0 Å². The van der Waals surface area contributed by atoms with E-state index < -0.39 is 11.7 Å². The highest BCUT2D eigenvalue weighted by molar-refractivity contribution is 5.77. The molecule has 2 aromatic rings. The minimum atomic E-state index is -4.43. The van der Waals surface area contributed by atoms with E-state index in [-0.39, 0.29) is 11.8 Å². The van der Waals surface area contributed by atoms with Crippen molar-refractivity contribution >= 4 is 11.8 Å². The molecule has 0 aliphatic rings. The quantitative estimate of drug-likeness (QED) is 0.848. The topological polar surface area (TPSA) is 77.8 Å². The number of allylic oxidation sites excluding steroid dienone is 1. The predicted molar refractivity (Wildman–Crippen MR) is 79.8 cm³/mol. The summed E-state index contributed by atoms with van der Waals surface area (Å²) in [4.78, 5) is 7.95. The lowest BCUT2D eigenvalue weighted by Crippen LogP contribution is -2.08. The first-order chi connectivity index (χ1) is 10.3. The maximum absolute atomic E-state index is 12.9. The van der Waals surface area contributed by atoms with Crippen molar-refractivity contribution in [3.63, 3.8) is 0 Å². The molecule has 22 heavy (non-hydrogen) atoms. The standard InChI is InChI=1S/C15H15F3N4/c1-2-3-7-11-12(13(19)22-14(20)21-11)9-5-4-6-10(8-9)15(16,17)18/h2,4-6,8H,1,3,7H2,(H4,19,20,21,22). The number of hydrogen-bond donors (Lipinski definition) is 2. The van der Waals surface area contributed by atoms with Crippen molar-refractivity contribution in [1.82, 2.24) is 9.97 Å². The zero-order chi connectivity index (χ0) is 16.3. The molecule has 0 fully saturated rings. The second-order valence-electron chi connectivity index (χ2n) is 4.69. The third-order valence-electron chi connectivity index (χ3n) is 3.09. The Morgan fingerprint density at radius 1 is 1.18 bits per heavy atom. The SMILES string of the molecule is C=CCCc1nc(N)nc(N)c1-c1cccc(C(F)(F)F)c1. The summed E-state index contributed by atoms with van der Waals surface area (Å²) in [5.74, 6) is 0.0539. The Balaban J connectivity index is 2.58. The molecule has 116 valence electrons. The fourth-order valence-electron chi connectivity index (χ4n) is 2.13. The summed E-state index contributed by atoms with van der Waals surface area (Å²) in [5.41, 5.74) is 11.9. The lowest BCUT2D eigenvalue weighted by atomic mass is 9.99. The van der Waals surface area contributed by atoms with E-state index in [1.165, 1.54) is 12.1 Å². The zero-order valence-electron chi connectivity index (χ0n) is 11.7. The normalized spacial score (nSPS) is 11.4. The van der Waals surface area contributed by atoms with Crippen LogP contribution in [0.25, 0.3) is 11.1 Å². The van der Waals surface area contributed by atoms with E-state index in [0.717, 1.165) is 12.1 Å². The van der Waals surface area contributed by atoms with Gasteiger partial charge in [0.05, 0.1) is 11.3 Å². The van der Waals surface area contributed by atoms with E-state index in [1.807, 2.05) is 0 Å². The van der Waals surface area contributed by atoms with Crippen LogP contribution in [0.5, 0.6) is 0 Å². The molecular formula is C15H15F3N4. The van der Waals surface area contributed by atoms with Gasteiger partial charge in [0.1, 0.15) is 5.82 Å². The van der Waals surface area contributed by atoms with Crippen molar-refractivity contribution in [2.75, 3.05) is 11.5 Å². The van der Waals surface area contributed by atoms with E-state index in [0.29, 0.717) is 29.7 Å². The van der Waals surface area contributed by atoms with Crippen molar-refractivity contribution in [2.24, 2.45) is 0 Å². The average Bonchev–Trinajstić information content (AvgIpc) is 2.43. The maximum Gasteiger partial charge on any atom is 0.416 e. The van der Waals surface area contributed by atoms with Crippen LogP contribution in [0.1, 0.15) is 17.7 Å². The van der Waals surface area contributed by atoms with Gasteiger partial charge in [-0.2, -0.15) is 18.2 Å². The van der Waals surface area contributed by atoms with Gasteiger partial charge in [0.15, 0.2) is 0 Å². The molecule has 1 aromatic carbocycles. The largest absolute Gasteiger partial charge is 0.416 e. The highest BCUT2D eigenvalue weighted by Gasteiger charge is 2.30. The Morgan fingerprint density at radius 2 is 1.91 bits per heavy atom. The number of benzene rings is 1. The third-order valence-corrected chi connectivity index (χ3v) is 3.09. The summed E-state index contributed by atoms with van der Waals surface area (Å²) >= 11 is 0. The molecule has 0 saturated carbocycles. The molecule has 0 unspecified atom stereocenters. The van der Waals surface area contributed by atoms with Gasteiger partial charge in [-0.1, -0.05) is 18.2 Å². The van der Waals surface area contributed by atoms with Gasteiger partial charge in [-0.15, -0.1) is 6.58 Å². The molecule has 1 heterocycles. The molecule has 0 spiro atoms. The number of anilines is 2. The summed E-state index contributed by atoms with van der Waals surface area (Å²) in [6, 6.07) is 4.90. The lowest BCUT2D eigenvalue weighted by molar-refractivity contribution is -0.137. The van der Waals surface area contributed by atoms with Crippen molar-refractivity contribution in [2.45, 2.75) is 19.0 Å². The number of nitrogen functional groups attached to an aromatic ring is 2. The van der Waals surface area contributed by atoms with Gasteiger partial charge in [-0.25, -0.2) is 4.98 Å². The minimum Gasteiger partial charge on any atom is -0.383 e. The van der Waals surface area contributed by atoms with Crippen molar-refractivity contribution in [1.29, 1.82) is 0 Å². The monoisotopic (exact) mass is 308 g/mol. The van der Waals surface area contributed by atoms with Crippen LogP contribution in [-0.2, 0) is 12.6 Å². The first kappa shape index (κ1) is 15.8. The first-order valence-corrected chi connectivity index (χ1v) is 6.53. The van der Waals surface area contributed by atoms with Crippen LogP contribution in [0.2, 0.25) is 0 Å². The molecule has 1 aromatic heterocycles. The van der Waals surface area contributed by atoms with E-state index in [1.54, 1.807) is 6.08 Å². The highest BCUT2D eigenvalue weighted by atomic mass is 19.4. The number of alkyl halides is 3. The van der Waals surface area contributed by atoms with Crippen LogP contribution < -0.4 is 11.5 Å². The highest BCUT2D eigenvalue weighted by Crippen LogP contribution is 2.35. The van der Waals surface area contributed by atoms with Crippen LogP contribution in [0.3, 0.4) is 0 Å². The fraction of sp³-hybridized carbons (Fsp3) is 0.200. The van der Waals surface area contributed by atoms with Crippen molar-refractivity contribution < 1.29 is 13.2 Å². The van der Waals surface area contributed by atoms with Crippen LogP contribution in [0.4, 0.5) is 24.9 Å². The Kier molecular flexibility index (Phi) is 4.35. The first-order valence-electron chi connectivity index (χ1n) is 6.53. The Bertz CT molecular complexity index is 696. The summed E-state index contributed by atoms with van der Waals surface area (Å²) in [5, 5.41) is 0. The molecule has 0 aliphatic heterocycles. The molecule has 0 atom stereocenters. The van der Waals surface area contributed by atoms with Crippen LogP contribution in [0.15, 0.2) is 36.9 Å². The van der Waals surface area contributed by atoms with E-state index in [9.17, 15) is 13.2 Å². The molecule has 0 bridgehead atoms. The second kappa shape index (κ2) is 6.05. The Morgan fingerprint density at radius 3 is 2.55 bits per heavy atom. The molecule has 4 nitrogen and oxygen atoms in total. The molecule has 0 amide bonds. The number of nitrogens with zero attached hydrogens (tertiary/aromatic N) is 2. The summed E-state index contributed by atoms with van der Waals surface area (Å²) in [6.07, 6.45) is -1.68. The molecule has 4 N–H and O–H groups in total. The molecule has 0 aliphatic carbocycles. The van der Waals surface area contributed by atoms with Gasteiger partial charge in [-0.05, 0) is 30.5 Å². The Labute approximate surface area is 125 Å². The summed E-state index contributed by atoms with van der Waals surface area (Å²) < 4.78 is 38.6. The summed E-state index contributed by atoms with van der Waals surface area (Å²) in [6.45, 7) is 3.61. The fourth-order valence-corrected chi connectivity index (χ4v) is 2.13. The molecular weight excluding hydrogens is 293 g/mol. The average molecular weight is 308 g/mol. The number of aryl methyl sites for hydroxylation is 1. The molecule has 0 saturated heterocycles. The molecule has 2 rings (SSSR count).